The van der Waals surface area contributed by atoms with Crippen molar-refractivity contribution in [1.82, 2.24) is 15.0 Å². The van der Waals surface area contributed by atoms with Gasteiger partial charge in [0.1, 0.15) is 0 Å². The van der Waals surface area contributed by atoms with E-state index in [-0.39, 0.29) is 0 Å². The Balaban J connectivity index is 1.94. The first-order valence-corrected chi connectivity index (χ1v) is 6.03. The second-order valence-electron chi connectivity index (χ2n) is 5.01. The van der Waals surface area contributed by atoms with Gasteiger partial charge in [-0.05, 0) is 36.1 Å². The van der Waals surface area contributed by atoms with Crippen LogP contribution in [0.3, 0.4) is 0 Å². The zero-order valence-electron chi connectivity index (χ0n) is 10.3. The Bertz CT molecular complexity index is 592. The topological polar surface area (TPSA) is 77.0 Å². The van der Waals surface area contributed by atoms with Crippen molar-refractivity contribution in [2.45, 2.75) is 24.9 Å². The molecule has 0 saturated heterocycles. The van der Waals surface area contributed by atoms with Crippen molar-refractivity contribution in [1.29, 1.82) is 0 Å². The van der Waals surface area contributed by atoms with E-state index in [9.17, 15) is 5.11 Å². The second-order valence-corrected chi connectivity index (χ2v) is 5.01. The van der Waals surface area contributed by atoms with E-state index in [1.165, 1.54) is 0 Å². The number of nitrogen functional groups attached to an aromatic ring is 1. The molecule has 1 aromatic carbocycles. The van der Waals surface area contributed by atoms with Crippen LogP contribution in [-0.2, 0) is 25.5 Å². The number of benzene rings is 1. The van der Waals surface area contributed by atoms with E-state index in [4.69, 9.17) is 5.73 Å². The fraction of sp³-hybridized carbons (Fsp3) is 0.385. The van der Waals surface area contributed by atoms with E-state index in [0.717, 1.165) is 28.9 Å². The lowest BCUT2D eigenvalue weighted by molar-refractivity contribution is 0.0379. The molecular formula is C13H16N4O. The first kappa shape index (κ1) is 11.2. The first-order valence-electron chi connectivity index (χ1n) is 6.03. The standard InChI is InChI=1S/C13H16N4O/c1-17-8-11(15-16-17)7-13(18)5-4-9-6-10(14)2-3-12(9)13/h2-3,6,8,18H,4-5,7,14H2,1H3. The molecule has 0 amide bonds. The van der Waals surface area contributed by atoms with Crippen LogP contribution in [-0.4, -0.2) is 20.1 Å². The van der Waals surface area contributed by atoms with Gasteiger partial charge in [0.15, 0.2) is 0 Å². The minimum atomic E-state index is -0.834. The van der Waals surface area contributed by atoms with Crippen LogP contribution >= 0.6 is 0 Å². The maximum absolute atomic E-state index is 10.8. The predicted octanol–water partition coefficient (Wildman–Crippen LogP) is 0.774. The van der Waals surface area contributed by atoms with Crippen molar-refractivity contribution < 1.29 is 5.11 Å². The SMILES string of the molecule is Cn1cc(CC2(O)CCc3cc(N)ccc32)nn1. The monoisotopic (exact) mass is 244 g/mol. The summed E-state index contributed by atoms with van der Waals surface area (Å²) in [7, 11) is 1.82. The summed E-state index contributed by atoms with van der Waals surface area (Å²) in [6, 6.07) is 5.71. The van der Waals surface area contributed by atoms with E-state index in [1.54, 1.807) is 4.68 Å². The van der Waals surface area contributed by atoms with Gasteiger partial charge in [-0.25, -0.2) is 0 Å². The van der Waals surface area contributed by atoms with Gasteiger partial charge in [-0.1, -0.05) is 11.3 Å². The molecule has 0 spiro atoms. The number of aryl methyl sites for hydroxylation is 2. The third kappa shape index (κ3) is 1.76. The lowest BCUT2D eigenvalue weighted by Crippen LogP contribution is -2.25. The Morgan fingerprint density at radius 2 is 2.33 bits per heavy atom. The van der Waals surface area contributed by atoms with Gasteiger partial charge < -0.3 is 10.8 Å². The second kappa shape index (κ2) is 3.81. The third-order valence-corrected chi connectivity index (χ3v) is 3.56. The Kier molecular flexibility index (Phi) is 2.38. The molecule has 1 atom stereocenters. The number of aromatic nitrogens is 3. The van der Waals surface area contributed by atoms with E-state index in [1.807, 2.05) is 31.4 Å². The summed E-state index contributed by atoms with van der Waals surface area (Å²) in [5.41, 5.74) is 8.61. The lowest BCUT2D eigenvalue weighted by atomic mass is 9.91. The van der Waals surface area contributed by atoms with Crippen LogP contribution in [0.2, 0.25) is 0 Å². The van der Waals surface area contributed by atoms with Crippen LogP contribution < -0.4 is 5.73 Å². The average Bonchev–Trinajstić information content (AvgIpc) is 2.84. The quantitative estimate of drug-likeness (QED) is 0.765. The zero-order valence-corrected chi connectivity index (χ0v) is 10.3. The fourth-order valence-electron chi connectivity index (χ4n) is 2.71. The molecule has 0 fully saturated rings. The number of hydrogen-bond donors (Lipinski definition) is 2. The van der Waals surface area contributed by atoms with Gasteiger partial charge in [-0.2, -0.15) is 0 Å². The maximum atomic E-state index is 10.8. The third-order valence-electron chi connectivity index (χ3n) is 3.56. The molecule has 0 bridgehead atoms. The number of aliphatic hydroxyl groups is 1. The molecule has 0 radical (unpaired) electrons. The summed E-state index contributed by atoms with van der Waals surface area (Å²) >= 11 is 0. The van der Waals surface area contributed by atoms with Gasteiger partial charge in [-0.15, -0.1) is 5.10 Å². The lowest BCUT2D eigenvalue weighted by Gasteiger charge is -2.22. The summed E-state index contributed by atoms with van der Waals surface area (Å²) in [5, 5.41) is 18.7. The van der Waals surface area contributed by atoms with Crippen molar-refractivity contribution in [2.75, 3.05) is 5.73 Å². The summed E-state index contributed by atoms with van der Waals surface area (Å²) in [6.45, 7) is 0. The molecule has 1 aromatic heterocycles. The number of anilines is 1. The number of fused-ring (bicyclic) bond motifs is 1. The highest BCUT2D eigenvalue weighted by Gasteiger charge is 2.37. The highest BCUT2D eigenvalue weighted by Crippen LogP contribution is 2.39. The Hall–Kier alpha value is -1.88. The molecule has 0 aliphatic heterocycles. The predicted molar refractivity (Wildman–Crippen MR) is 67.8 cm³/mol. The van der Waals surface area contributed by atoms with E-state index >= 15 is 0 Å². The number of hydrogen-bond acceptors (Lipinski definition) is 4. The van der Waals surface area contributed by atoms with Gasteiger partial charge in [0, 0.05) is 25.4 Å². The minimum Gasteiger partial charge on any atom is -0.399 e. The molecule has 5 nitrogen and oxygen atoms in total. The number of rotatable bonds is 2. The molecule has 1 aliphatic rings. The fourth-order valence-corrected chi connectivity index (χ4v) is 2.71. The molecule has 1 aliphatic carbocycles. The Morgan fingerprint density at radius 3 is 3.06 bits per heavy atom. The molecule has 0 saturated carbocycles. The van der Waals surface area contributed by atoms with E-state index in [0.29, 0.717) is 12.8 Å². The summed E-state index contributed by atoms with van der Waals surface area (Å²) < 4.78 is 1.65. The Morgan fingerprint density at radius 1 is 1.50 bits per heavy atom. The van der Waals surface area contributed by atoms with Crippen molar-refractivity contribution in [2.24, 2.45) is 7.05 Å². The van der Waals surface area contributed by atoms with Gasteiger partial charge in [0.05, 0.1) is 11.3 Å². The minimum absolute atomic E-state index is 0.498. The smallest absolute Gasteiger partial charge is 0.0958 e. The number of nitrogens with two attached hydrogens (primary N) is 1. The highest BCUT2D eigenvalue weighted by atomic mass is 16.3. The summed E-state index contributed by atoms with van der Waals surface area (Å²) in [4.78, 5) is 0. The Labute approximate surface area is 105 Å². The van der Waals surface area contributed by atoms with Gasteiger partial charge in [0.2, 0.25) is 0 Å². The molecular weight excluding hydrogens is 228 g/mol. The maximum Gasteiger partial charge on any atom is 0.0958 e. The van der Waals surface area contributed by atoms with Crippen LogP contribution in [0.15, 0.2) is 24.4 Å². The molecule has 1 unspecified atom stereocenters. The van der Waals surface area contributed by atoms with Crippen LogP contribution in [0, 0.1) is 0 Å². The van der Waals surface area contributed by atoms with Crippen molar-refractivity contribution in [3.05, 3.63) is 41.2 Å². The molecule has 5 heteroatoms. The van der Waals surface area contributed by atoms with Crippen LogP contribution in [0.1, 0.15) is 23.2 Å². The average molecular weight is 244 g/mol. The largest absolute Gasteiger partial charge is 0.399 e. The molecule has 3 rings (SSSR count). The van der Waals surface area contributed by atoms with E-state index < -0.39 is 5.60 Å². The molecule has 18 heavy (non-hydrogen) atoms. The van der Waals surface area contributed by atoms with Crippen LogP contribution in [0.25, 0.3) is 0 Å². The highest BCUT2D eigenvalue weighted by molar-refractivity contribution is 5.49. The molecule has 3 N–H and O–H groups in total. The van der Waals surface area contributed by atoms with Crippen molar-refractivity contribution in [3.8, 4) is 0 Å². The van der Waals surface area contributed by atoms with E-state index in [2.05, 4.69) is 10.3 Å². The van der Waals surface area contributed by atoms with Crippen LogP contribution in [0.4, 0.5) is 5.69 Å². The normalized spacial score (nSPS) is 22.1. The zero-order chi connectivity index (χ0) is 12.8. The van der Waals surface area contributed by atoms with Gasteiger partial charge >= 0.3 is 0 Å². The van der Waals surface area contributed by atoms with Gasteiger partial charge in [-0.3, -0.25) is 4.68 Å². The molecule has 2 aromatic rings. The molecule has 1 heterocycles. The molecule has 94 valence electrons. The summed E-state index contributed by atoms with van der Waals surface area (Å²) in [5.74, 6) is 0. The summed E-state index contributed by atoms with van der Waals surface area (Å²) in [6.07, 6.45) is 3.91. The number of nitrogens with zero attached hydrogens (tertiary/aromatic N) is 3. The first-order chi connectivity index (χ1) is 8.57. The van der Waals surface area contributed by atoms with Crippen LogP contribution in [0.5, 0.6) is 0 Å². The van der Waals surface area contributed by atoms with Crippen molar-refractivity contribution in [3.63, 3.8) is 0 Å². The van der Waals surface area contributed by atoms with Gasteiger partial charge in [0.25, 0.3) is 0 Å². The van der Waals surface area contributed by atoms with Crippen molar-refractivity contribution >= 4 is 5.69 Å².